The Balaban J connectivity index is 2.13. The van der Waals surface area contributed by atoms with E-state index < -0.39 is 0 Å². The van der Waals surface area contributed by atoms with E-state index >= 15 is 0 Å². The molecule has 2 rings (SSSR count). The highest BCUT2D eigenvalue weighted by molar-refractivity contribution is 5.25. The van der Waals surface area contributed by atoms with Crippen molar-refractivity contribution < 1.29 is 0 Å². The lowest BCUT2D eigenvalue weighted by Crippen LogP contribution is -2.21. The molecule has 0 aliphatic rings. The Morgan fingerprint density at radius 1 is 1.35 bits per heavy atom. The number of pyridine rings is 1. The smallest absolute Gasteiger partial charge is 0.153 e. The van der Waals surface area contributed by atoms with Gasteiger partial charge < -0.3 is 5.73 Å². The van der Waals surface area contributed by atoms with Gasteiger partial charge in [-0.15, -0.1) is 0 Å². The van der Waals surface area contributed by atoms with E-state index in [1.807, 2.05) is 31.5 Å². The first-order valence-electron chi connectivity index (χ1n) is 5.92. The molecule has 2 heterocycles. The molecular weight excluding hydrogens is 212 g/mol. The summed E-state index contributed by atoms with van der Waals surface area (Å²) < 4.78 is 1.78. The highest BCUT2D eigenvalue weighted by Crippen LogP contribution is 2.08. The zero-order chi connectivity index (χ0) is 12.3. The second-order valence-electron chi connectivity index (χ2n) is 4.30. The van der Waals surface area contributed by atoms with Crippen LogP contribution in [-0.4, -0.2) is 20.8 Å². The minimum Gasteiger partial charge on any atom is -0.327 e. The summed E-state index contributed by atoms with van der Waals surface area (Å²) in [6.07, 6.45) is 5.65. The van der Waals surface area contributed by atoms with Gasteiger partial charge in [-0.05, 0) is 37.5 Å². The Kier molecular flexibility index (Phi) is 3.54. The Hall–Kier alpha value is -1.68. The van der Waals surface area contributed by atoms with Gasteiger partial charge in [0.05, 0.1) is 5.69 Å². The number of hydrogen-bond donors (Lipinski definition) is 1. The lowest BCUT2D eigenvalue weighted by molar-refractivity contribution is 0.644. The summed E-state index contributed by atoms with van der Waals surface area (Å²) in [5.41, 5.74) is 8.07. The molecule has 2 N–H and O–H groups in total. The van der Waals surface area contributed by atoms with Gasteiger partial charge in [-0.25, -0.2) is 9.67 Å². The van der Waals surface area contributed by atoms with Crippen LogP contribution in [0.25, 0.3) is 5.82 Å². The lowest BCUT2D eigenvalue weighted by atomic mass is 10.1. The normalized spacial score (nSPS) is 12.6. The summed E-state index contributed by atoms with van der Waals surface area (Å²) in [7, 11) is 0. The zero-order valence-corrected chi connectivity index (χ0v) is 10.3. The number of rotatable bonds is 4. The molecule has 1 atom stereocenters. The van der Waals surface area contributed by atoms with Crippen molar-refractivity contribution in [3.63, 3.8) is 0 Å². The van der Waals surface area contributed by atoms with Crippen LogP contribution in [0.1, 0.15) is 24.6 Å². The fourth-order valence-corrected chi connectivity index (χ4v) is 1.66. The molecule has 1 unspecified atom stereocenters. The largest absolute Gasteiger partial charge is 0.327 e. The number of nitrogens with two attached hydrogens (primary N) is 1. The predicted octanol–water partition coefficient (Wildman–Crippen LogP) is 1.86. The lowest BCUT2D eigenvalue weighted by Gasteiger charge is -2.08. The maximum absolute atomic E-state index is 5.91. The van der Waals surface area contributed by atoms with Crippen molar-refractivity contribution >= 4 is 0 Å². The van der Waals surface area contributed by atoms with E-state index in [0.29, 0.717) is 0 Å². The van der Waals surface area contributed by atoms with Gasteiger partial charge in [0.25, 0.3) is 0 Å². The maximum Gasteiger partial charge on any atom is 0.153 e. The van der Waals surface area contributed by atoms with E-state index in [1.165, 1.54) is 5.56 Å². The number of aromatic nitrogens is 3. The van der Waals surface area contributed by atoms with Crippen LogP contribution >= 0.6 is 0 Å². The second-order valence-corrected chi connectivity index (χ2v) is 4.30. The Morgan fingerprint density at radius 3 is 2.71 bits per heavy atom. The third kappa shape index (κ3) is 2.91. The van der Waals surface area contributed by atoms with Gasteiger partial charge in [0.15, 0.2) is 5.82 Å². The molecule has 4 heteroatoms. The van der Waals surface area contributed by atoms with Crippen LogP contribution in [0.3, 0.4) is 0 Å². The molecule has 2 aromatic rings. The van der Waals surface area contributed by atoms with Crippen LogP contribution < -0.4 is 5.73 Å². The zero-order valence-electron chi connectivity index (χ0n) is 10.3. The van der Waals surface area contributed by atoms with Crippen molar-refractivity contribution in [2.45, 2.75) is 32.7 Å². The van der Waals surface area contributed by atoms with E-state index in [-0.39, 0.29) is 6.04 Å². The fraction of sp³-hybridized carbons (Fsp3) is 0.385. The number of nitrogens with zero attached hydrogens (tertiary/aromatic N) is 3. The molecule has 4 nitrogen and oxygen atoms in total. The Morgan fingerprint density at radius 2 is 2.18 bits per heavy atom. The van der Waals surface area contributed by atoms with Crippen molar-refractivity contribution in [2.24, 2.45) is 5.73 Å². The first-order chi connectivity index (χ1) is 8.19. The van der Waals surface area contributed by atoms with Gasteiger partial charge in [-0.3, -0.25) is 0 Å². The molecule has 0 amide bonds. The molecular formula is C13H18N4. The molecule has 0 aromatic carbocycles. The van der Waals surface area contributed by atoms with Crippen LogP contribution in [0, 0.1) is 6.92 Å². The van der Waals surface area contributed by atoms with Gasteiger partial charge in [-0.1, -0.05) is 13.0 Å². The molecule has 0 saturated heterocycles. The predicted molar refractivity (Wildman–Crippen MR) is 68.1 cm³/mol. The van der Waals surface area contributed by atoms with Crippen molar-refractivity contribution in [3.8, 4) is 5.82 Å². The SMILES string of the molecule is CCC(N)Cc1ccc(-n2ccc(C)n2)nc1. The summed E-state index contributed by atoms with van der Waals surface area (Å²) in [4.78, 5) is 4.39. The van der Waals surface area contributed by atoms with Gasteiger partial charge in [-0.2, -0.15) is 5.10 Å². The van der Waals surface area contributed by atoms with Gasteiger partial charge in [0.1, 0.15) is 0 Å². The second kappa shape index (κ2) is 5.10. The van der Waals surface area contributed by atoms with E-state index in [4.69, 9.17) is 5.73 Å². The standard InChI is InChI=1S/C13H18N4/c1-3-12(14)8-11-4-5-13(15-9-11)17-7-6-10(2)16-17/h4-7,9,12H,3,8,14H2,1-2H3. The van der Waals surface area contributed by atoms with Crippen molar-refractivity contribution in [1.82, 2.24) is 14.8 Å². The van der Waals surface area contributed by atoms with E-state index in [9.17, 15) is 0 Å². The highest BCUT2D eigenvalue weighted by atomic mass is 15.3. The van der Waals surface area contributed by atoms with Crippen LogP contribution in [0.15, 0.2) is 30.6 Å². The molecule has 90 valence electrons. The summed E-state index contributed by atoms with van der Waals surface area (Å²) in [5, 5.41) is 4.32. The average Bonchev–Trinajstić information content (AvgIpc) is 2.77. The van der Waals surface area contributed by atoms with Crippen molar-refractivity contribution in [1.29, 1.82) is 0 Å². The first kappa shape index (κ1) is 11.8. The average molecular weight is 230 g/mol. The van der Waals surface area contributed by atoms with Gasteiger partial charge in [0.2, 0.25) is 0 Å². The quantitative estimate of drug-likeness (QED) is 0.872. The van der Waals surface area contributed by atoms with Crippen LogP contribution in [0.5, 0.6) is 0 Å². The molecule has 2 aromatic heterocycles. The number of aryl methyl sites for hydroxylation is 1. The number of hydrogen-bond acceptors (Lipinski definition) is 3. The Bertz CT molecular complexity index is 472. The molecule has 0 saturated carbocycles. The summed E-state index contributed by atoms with van der Waals surface area (Å²) >= 11 is 0. The van der Waals surface area contributed by atoms with E-state index in [1.54, 1.807) is 4.68 Å². The van der Waals surface area contributed by atoms with Crippen molar-refractivity contribution in [3.05, 3.63) is 41.9 Å². The topological polar surface area (TPSA) is 56.7 Å². The van der Waals surface area contributed by atoms with Crippen molar-refractivity contribution in [2.75, 3.05) is 0 Å². The molecule has 0 radical (unpaired) electrons. The first-order valence-corrected chi connectivity index (χ1v) is 5.92. The molecule has 0 fully saturated rings. The fourth-order valence-electron chi connectivity index (χ4n) is 1.66. The van der Waals surface area contributed by atoms with Gasteiger partial charge >= 0.3 is 0 Å². The third-order valence-electron chi connectivity index (χ3n) is 2.79. The Labute approximate surface area is 101 Å². The van der Waals surface area contributed by atoms with E-state index in [0.717, 1.165) is 24.4 Å². The van der Waals surface area contributed by atoms with Gasteiger partial charge in [0, 0.05) is 18.4 Å². The molecule has 17 heavy (non-hydrogen) atoms. The van der Waals surface area contributed by atoms with Crippen LogP contribution in [-0.2, 0) is 6.42 Å². The van der Waals surface area contributed by atoms with Crippen LogP contribution in [0.2, 0.25) is 0 Å². The molecule has 0 bridgehead atoms. The van der Waals surface area contributed by atoms with Crippen LogP contribution in [0.4, 0.5) is 0 Å². The third-order valence-corrected chi connectivity index (χ3v) is 2.79. The minimum absolute atomic E-state index is 0.217. The monoisotopic (exact) mass is 230 g/mol. The highest BCUT2D eigenvalue weighted by Gasteiger charge is 2.03. The van der Waals surface area contributed by atoms with E-state index in [2.05, 4.69) is 23.1 Å². The summed E-state index contributed by atoms with van der Waals surface area (Å²) in [6.45, 7) is 4.06. The summed E-state index contributed by atoms with van der Waals surface area (Å²) in [5.74, 6) is 0.840. The molecule has 0 spiro atoms. The molecule has 0 aliphatic heterocycles. The summed E-state index contributed by atoms with van der Waals surface area (Å²) in [6, 6.07) is 6.22. The minimum atomic E-state index is 0.217. The molecule has 0 aliphatic carbocycles. The maximum atomic E-state index is 5.91.